The van der Waals surface area contributed by atoms with Crippen molar-refractivity contribution in [3.8, 4) is 0 Å². The number of sulfone groups is 1. The van der Waals surface area contributed by atoms with Gasteiger partial charge >= 0.3 is 0 Å². The van der Waals surface area contributed by atoms with Crippen LogP contribution in [-0.4, -0.2) is 49.9 Å². The average molecular weight is 481 g/mol. The van der Waals surface area contributed by atoms with E-state index in [9.17, 15) is 8.42 Å². The zero-order valence-electron chi connectivity index (χ0n) is 16.2. The first-order valence-electron chi connectivity index (χ1n) is 8.34. The third-order valence-electron chi connectivity index (χ3n) is 3.92. The van der Waals surface area contributed by atoms with Crippen molar-refractivity contribution in [2.45, 2.75) is 45.9 Å². The Labute approximate surface area is 170 Å². The Hall–Kier alpha value is -0.830. The van der Waals surface area contributed by atoms with Crippen molar-refractivity contribution in [1.29, 1.82) is 0 Å². The molecule has 0 heterocycles. The summed E-state index contributed by atoms with van der Waals surface area (Å²) < 4.78 is 23.6. The van der Waals surface area contributed by atoms with Gasteiger partial charge in [-0.1, -0.05) is 24.3 Å². The predicted octanol–water partition coefficient (Wildman–Crippen LogP) is 3.22. The molecule has 0 aromatic heterocycles. The van der Waals surface area contributed by atoms with Gasteiger partial charge in [0.2, 0.25) is 0 Å². The van der Waals surface area contributed by atoms with E-state index in [-0.39, 0.29) is 36.3 Å². The normalized spacial score (nSPS) is 12.5. The predicted molar refractivity (Wildman–Crippen MR) is 118 cm³/mol. The topological polar surface area (TPSA) is 61.8 Å². The molecule has 0 spiro atoms. The van der Waals surface area contributed by atoms with Crippen LogP contribution < -0.4 is 5.32 Å². The molecule has 1 N–H and O–H groups in total. The molecule has 0 radical (unpaired) electrons. The van der Waals surface area contributed by atoms with Gasteiger partial charge in [0.15, 0.2) is 15.8 Å². The molecule has 5 nitrogen and oxygen atoms in total. The van der Waals surface area contributed by atoms with Crippen LogP contribution >= 0.6 is 24.0 Å². The Bertz CT molecular complexity index is 667. The van der Waals surface area contributed by atoms with E-state index >= 15 is 0 Å². The smallest absolute Gasteiger partial charge is 0.193 e. The van der Waals surface area contributed by atoms with Crippen LogP contribution in [0.4, 0.5) is 0 Å². The van der Waals surface area contributed by atoms with E-state index in [1.54, 1.807) is 20.8 Å². The summed E-state index contributed by atoms with van der Waals surface area (Å²) in [6.07, 6.45) is 0. The third kappa shape index (κ3) is 7.52. The highest BCUT2D eigenvalue weighted by Crippen LogP contribution is 2.15. The SMILES string of the molecule is CCNC(=NCCS(=O)(=O)C(C)(C)C)N(C)Cc1ccccc1C.I. The Kier molecular flexibility index (Phi) is 10.0. The number of hydrogen-bond donors (Lipinski definition) is 1. The molecule has 0 unspecified atom stereocenters. The fourth-order valence-electron chi connectivity index (χ4n) is 2.17. The van der Waals surface area contributed by atoms with Gasteiger partial charge < -0.3 is 10.2 Å². The lowest BCUT2D eigenvalue weighted by molar-refractivity contribution is 0.476. The van der Waals surface area contributed by atoms with E-state index < -0.39 is 14.6 Å². The minimum Gasteiger partial charge on any atom is -0.357 e. The van der Waals surface area contributed by atoms with E-state index in [4.69, 9.17) is 0 Å². The van der Waals surface area contributed by atoms with Crippen LogP contribution in [0.2, 0.25) is 0 Å². The summed E-state index contributed by atoms with van der Waals surface area (Å²) in [5.41, 5.74) is 2.46. The Balaban J connectivity index is 0.00000576. The van der Waals surface area contributed by atoms with Crippen LogP contribution in [0, 0.1) is 6.92 Å². The van der Waals surface area contributed by atoms with E-state index in [0.29, 0.717) is 0 Å². The highest BCUT2D eigenvalue weighted by atomic mass is 127. The van der Waals surface area contributed by atoms with Gasteiger partial charge in [0.25, 0.3) is 0 Å². The van der Waals surface area contributed by atoms with Gasteiger partial charge in [-0.15, -0.1) is 24.0 Å². The van der Waals surface area contributed by atoms with Gasteiger partial charge in [-0.3, -0.25) is 4.99 Å². The fourth-order valence-corrected chi connectivity index (χ4v) is 3.11. The quantitative estimate of drug-likeness (QED) is 0.385. The molecule has 1 aromatic rings. The lowest BCUT2D eigenvalue weighted by atomic mass is 10.1. The number of benzene rings is 1. The van der Waals surface area contributed by atoms with Crippen molar-refractivity contribution in [1.82, 2.24) is 10.2 Å². The van der Waals surface area contributed by atoms with E-state index in [1.807, 2.05) is 31.0 Å². The summed E-state index contributed by atoms with van der Waals surface area (Å²) in [7, 11) is -1.19. The number of nitrogens with one attached hydrogen (secondary N) is 1. The van der Waals surface area contributed by atoms with Crippen molar-refractivity contribution in [3.63, 3.8) is 0 Å². The van der Waals surface area contributed by atoms with Crippen LogP contribution in [0.3, 0.4) is 0 Å². The molecule has 0 aliphatic rings. The van der Waals surface area contributed by atoms with E-state index in [0.717, 1.165) is 19.0 Å². The highest BCUT2D eigenvalue weighted by molar-refractivity contribution is 14.0. The number of hydrogen-bond acceptors (Lipinski definition) is 3. The van der Waals surface area contributed by atoms with E-state index in [2.05, 4.69) is 29.4 Å². The first kappa shape index (κ1) is 24.2. The molecule has 25 heavy (non-hydrogen) atoms. The summed E-state index contributed by atoms with van der Waals surface area (Å²) in [6, 6.07) is 8.23. The number of aliphatic imine (C=N–C) groups is 1. The number of rotatable bonds is 6. The summed E-state index contributed by atoms with van der Waals surface area (Å²) in [5, 5.41) is 3.23. The van der Waals surface area contributed by atoms with Gasteiger partial charge in [0.1, 0.15) is 0 Å². The number of nitrogens with zero attached hydrogens (tertiary/aromatic N) is 2. The number of guanidine groups is 1. The molecular formula is C18H32IN3O2S. The maximum Gasteiger partial charge on any atom is 0.193 e. The molecule has 0 atom stereocenters. The second-order valence-electron chi connectivity index (χ2n) is 6.95. The molecule has 0 bridgehead atoms. The molecular weight excluding hydrogens is 449 g/mol. The minimum absolute atomic E-state index is 0. The van der Waals surface area contributed by atoms with Crippen molar-refractivity contribution in [2.24, 2.45) is 4.99 Å². The van der Waals surface area contributed by atoms with Gasteiger partial charge in [0, 0.05) is 20.1 Å². The van der Waals surface area contributed by atoms with Crippen LogP contribution in [-0.2, 0) is 16.4 Å². The van der Waals surface area contributed by atoms with Gasteiger partial charge in [-0.2, -0.15) is 0 Å². The molecule has 144 valence electrons. The summed E-state index contributed by atoms with van der Waals surface area (Å²) >= 11 is 0. The molecule has 0 fully saturated rings. The molecule has 1 rings (SSSR count). The zero-order chi connectivity index (χ0) is 18.4. The highest BCUT2D eigenvalue weighted by Gasteiger charge is 2.28. The Morgan fingerprint density at radius 2 is 1.84 bits per heavy atom. The first-order chi connectivity index (χ1) is 11.1. The molecule has 0 amide bonds. The first-order valence-corrected chi connectivity index (χ1v) is 10.00. The average Bonchev–Trinajstić information content (AvgIpc) is 2.47. The third-order valence-corrected chi connectivity index (χ3v) is 6.51. The Morgan fingerprint density at radius 3 is 2.36 bits per heavy atom. The Morgan fingerprint density at radius 1 is 1.24 bits per heavy atom. The van der Waals surface area contributed by atoms with Crippen molar-refractivity contribution >= 4 is 39.8 Å². The second kappa shape index (κ2) is 10.4. The van der Waals surface area contributed by atoms with Gasteiger partial charge in [-0.25, -0.2) is 8.42 Å². The standard InChI is InChI=1S/C18H31N3O2S.HI/c1-7-19-17(20-12-13-24(22,23)18(3,4)5)21(6)14-16-11-9-8-10-15(16)2;/h8-11H,7,12-14H2,1-6H3,(H,19,20);1H. The molecule has 0 aliphatic heterocycles. The lowest BCUT2D eigenvalue weighted by Gasteiger charge is -2.23. The molecule has 0 saturated carbocycles. The number of halogens is 1. The largest absolute Gasteiger partial charge is 0.357 e. The molecule has 1 aromatic carbocycles. The second-order valence-corrected chi connectivity index (χ2v) is 9.81. The van der Waals surface area contributed by atoms with Gasteiger partial charge in [-0.05, 0) is 45.7 Å². The molecule has 0 aliphatic carbocycles. The fraction of sp³-hybridized carbons (Fsp3) is 0.611. The van der Waals surface area contributed by atoms with Crippen molar-refractivity contribution < 1.29 is 8.42 Å². The van der Waals surface area contributed by atoms with Crippen LogP contribution in [0.1, 0.15) is 38.8 Å². The molecule has 7 heteroatoms. The van der Waals surface area contributed by atoms with Crippen LogP contribution in [0.15, 0.2) is 29.3 Å². The maximum atomic E-state index is 12.2. The van der Waals surface area contributed by atoms with E-state index in [1.165, 1.54) is 11.1 Å². The monoisotopic (exact) mass is 481 g/mol. The summed E-state index contributed by atoms with van der Waals surface area (Å²) in [6.45, 7) is 11.0. The summed E-state index contributed by atoms with van der Waals surface area (Å²) in [4.78, 5) is 6.51. The van der Waals surface area contributed by atoms with Crippen molar-refractivity contribution in [3.05, 3.63) is 35.4 Å². The van der Waals surface area contributed by atoms with Crippen LogP contribution in [0.25, 0.3) is 0 Å². The van der Waals surface area contributed by atoms with Gasteiger partial charge in [0.05, 0.1) is 17.0 Å². The van der Waals surface area contributed by atoms with Crippen molar-refractivity contribution in [2.75, 3.05) is 25.9 Å². The maximum absolute atomic E-state index is 12.2. The molecule has 0 saturated heterocycles. The zero-order valence-corrected chi connectivity index (χ0v) is 19.3. The minimum atomic E-state index is -3.15. The summed E-state index contributed by atoms with van der Waals surface area (Å²) in [5.74, 6) is 0.786. The van der Waals surface area contributed by atoms with Crippen LogP contribution in [0.5, 0.6) is 0 Å². The number of aryl methyl sites for hydroxylation is 1. The lowest BCUT2D eigenvalue weighted by Crippen LogP contribution is -2.39.